The molecule has 2 nitrogen and oxygen atoms in total. The Morgan fingerprint density at radius 2 is 1.81 bits per heavy atom. The van der Waals surface area contributed by atoms with Gasteiger partial charge in [-0.05, 0) is 37.3 Å². The lowest BCUT2D eigenvalue weighted by molar-refractivity contribution is -0.155. The maximum Gasteiger partial charge on any atom is 0.312 e. The second kappa shape index (κ2) is 4.28. The summed E-state index contributed by atoms with van der Waals surface area (Å²) in [5.41, 5.74) is 2.30. The van der Waals surface area contributed by atoms with Crippen molar-refractivity contribution in [3.63, 3.8) is 0 Å². The summed E-state index contributed by atoms with van der Waals surface area (Å²) in [6, 6.07) is 8.31. The molecule has 0 atom stereocenters. The number of ether oxygens (including phenoxy) is 1. The van der Waals surface area contributed by atoms with Crippen molar-refractivity contribution in [1.29, 1.82) is 0 Å². The van der Waals surface area contributed by atoms with Gasteiger partial charge in [-0.2, -0.15) is 0 Å². The number of benzene rings is 1. The van der Waals surface area contributed by atoms with E-state index in [9.17, 15) is 4.79 Å². The van der Waals surface area contributed by atoms with Crippen LogP contribution in [0.5, 0.6) is 0 Å². The minimum atomic E-state index is -0.306. The van der Waals surface area contributed by atoms with Crippen LogP contribution >= 0.6 is 0 Å². The van der Waals surface area contributed by atoms with Gasteiger partial charge in [0.15, 0.2) is 0 Å². The molecular weight excluding hydrogens is 200 g/mol. The SMILES string of the molecule is CCOC(=O)C1(CC)Cc2ccccc2C1. The van der Waals surface area contributed by atoms with Gasteiger partial charge in [0.05, 0.1) is 12.0 Å². The van der Waals surface area contributed by atoms with Gasteiger partial charge in [0.2, 0.25) is 0 Å². The molecule has 0 heterocycles. The normalized spacial score (nSPS) is 16.9. The van der Waals surface area contributed by atoms with E-state index in [0.29, 0.717) is 6.61 Å². The summed E-state index contributed by atoms with van der Waals surface area (Å²) in [7, 11) is 0. The van der Waals surface area contributed by atoms with E-state index in [2.05, 4.69) is 19.1 Å². The van der Waals surface area contributed by atoms with Crippen molar-refractivity contribution in [3.8, 4) is 0 Å². The Kier molecular flexibility index (Phi) is 2.99. The highest BCUT2D eigenvalue weighted by atomic mass is 16.5. The summed E-state index contributed by atoms with van der Waals surface area (Å²) in [6.45, 7) is 4.41. The van der Waals surface area contributed by atoms with E-state index in [4.69, 9.17) is 4.74 Å². The van der Waals surface area contributed by atoms with Gasteiger partial charge < -0.3 is 4.74 Å². The van der Waals surface area contributed by atoms with Gasteiger partial charge >= 0.3 is 5.97 Å². The van der Waals surface area contributed by atoms with E-state index in [1.54, 1.807) is 0 Å². The lowest BCUT2D eigenvalue weighted by Gasteiger charge is -2.24. The first-order valence-corrected chi connectivity index (χ1v) is 5.96. The Hall–Kier alpha value is -1.31. The van der Waals surface area contributed by atoms with Gasteiger partial charge in [0.1, 0.15) is 0 Å². The largest absolute Gasteiger partial charge is 0.466 e. The molecule has 1 aromatic carbocycles. The van der Waals surface area contributed by atoms with Crippen LogP contribution in [0.2, 0.25) is 0 Å². The van der Waals surface area contributed by atoms with E-state index >= 15 is 0 Å². The fourth-order valence-electron chi connectivity index (χ4n) is 2.52. The van der Waals surface area contributed by atoms with Crippen molar-refractivity contribution in [3.05, 3.63) is 35.4 Å². The van der Waals surface area contributed by atoms with E-state index < -0.39 is 0 Å². The molecule has 0 fully saturated rings. The molecule has 1 aliphatic rings. The number of hydrogen-bond acceptors (Lipinski definition) is 2. The molecule has 0 saturated carbocycles. The molecule has 86 valence electrons. The summed E-state index contributed by atoms with van der Waals surface area (Å²) < 4.78 is 5.21. The molecule has 16 heavy (non-hydrogen) atoms. The van der Waals surface area contributed by atoms with Crippen LogP contribution in [0.3, 0.4) is 0 Å². The van der Waals surface area contributed by atoms with Crippen LogP contribution in [0.25, 0.3) is 0 Å². The smallest absolute Gasteiger partial charge is 0.312 e. The number of rotatable bonds is 3. The molecule has 0 aliphatic heterocycles. The summed E-state index contributed by atoms with van der Waals surface area (Å²) in [6.07, 6.45) is 2.51. The monoisotopic (exact) mass is 218 g/mol. The Bertz CT molecular complexity index is 370. The molecule has 2 rings (SSSR count). The standard InChI is InChI=1S/C14H18O2/c1-3-14(13(15)16-4-2)9-11-7-5-6-8-12(11)10-14/h5-8H,3-4,9-10H2,1-2H3. The van der Waals surface area contributed by atoms with E-state index in [0.717, 1.165) is 19.3 Å². The van der Waals surface area contributed by atoms with Gasteiger partial charge in [0, 0.05) is 0 Å². The van der Waals surface area contributed by atoms with Crippen LogP contribution in [0.15, 0.2) is 24.3 Å². The third-order valence-corrected chi connectivity index (χ3v) is 3.56. The summed E-state index contributed by atoms with van der Waals surface area (Å²) in [5.74, 6) is -0.0336. The van der Waals surface area contributed by atoms with Crippen LogP contribution in [-0.4, -0.2) is 12.6 Å². The van der Waals surface area contributed by atoms with Gasteiger partial charge in [-0.15, -0.1) is 0 Å². The van der Waals surface area contributed by atoms with Crippen LogP contribution in [-0.2, 0) is 22.4 Å². The molecule has 0 unspecified atom stereocenters. The lowest BCUT2D eigenvalue weighted by Crippen LogP contribution is -2.33. The molecule has 0 spiro atoms. The quantitative estimate of drug-likeness (QED) is 0.729. The molecule has 0 aromatic heterocycles. The Morgan fingerprint density at radius 1 is 1.25 bits per heavy atom. The lowest BCUT2D eigenvalue weighted by atomic mass is 9.82. The summed E-state index contributed by atoms with van der Waals surface area (Å²) >= 11 is 0. The maximum atomic E-state index is 12.0. The second-order valence-corrected chi connectivity index (χ2v) is 4.48. The van der Waals surface area contributed by atoms with E-state index in [1.807, 2.05) is 19.1 Å². The van der Waals surface area contributed by atoms with Crippen molar-refractivity contribution in [2.75, 3.05) is 6.61 Å². The predicted octanol–water partition coefficient (Wildman–Crippen LogP) is 2.74. The van der Waals surface area contributed by atoms with E-state index in [-0.39, 0.29) is 11.4 Å². The van der Waals surface area contributed by atoms with Gasteiger partial charge in [-0.25, -0.2) is 0 Å². The van der Waals surface area contributed by atoms with Gasteiger partial charge in [-0.3, -0.25) is 4.79 Å². The van der Waals surface area contributed by atoms with Crippen molar-refractivity contribution in [2.24, 2.45) is 5.41 Å². The highest BCUT2D eigenvalue weighted by Gasteiger charge is 2.43. The average molecular weight is 218 g/mol. The zero-order valence-electron chi connectivity index (χ0n) is 9.95. The minimum absolute atomic E-state index is 0.0336. The molecule has 0 amide bonds. The topological polar surface area (TPSA) is 26.3 Å². The summed E-state index contributed by atoms with van der Waals surface area (Å²) in [4.78, 5) is 12.0. The zero-order valence-corrected chi connectivity index (χ0v) is 9.95. The van der Waals surface area contributed by atoms with Crippen LogP contribution in [0, 0.1) is 5.41 Å². The van der Waals surface area contributed by atoms with Gasteiger partial charge in [0.25, 0.3) is 0 Å². The van der Waals surface area contributed by atoms with Crippen molar-refractivity contribution < 1.29 is 9.53 Å². The van der Waals surface area contributed by atoms with Crippen LogP contribution in [0.4, 0.5) is 0 Å². The van der Waals surface area contributed by atoms with Crippen molar-refractivity contribution in [2.45, 2.75) is 33.1 Å². The van der Waals surface area contributed by atoms with E-state index in [1.165, 1.54) is 11.1 Å². The summed E-state index contributed by atoms with van der Waals surface area (Å²) in [5, 5.41) is 0. The molecular formula is C14H18O2. The Morgan fingerprint density at radius 3 is 2.25 bits per heavy atom. The predicted molar refractivity (Wildman–Crippen MR) is 63.2 cm³/mol. The average Bonchev–Trinajstić information content (AvgIpc) is 2.69. The molecule has 2 heteroatoms. The molecule has 0 saturated heterocycles. The Labute approximate surface area is 96.6 Å². The van der Waals surface area contributed by atoms with Crippen molar-refractivity contribution >= 4 is 5.97 Å². The first-order valence-electron chi connectivity index (χ1n) is 5.96. The van der Waals surface area contributed by atoms with Crippen molar-refractivity contribution in [1.82, 2.24) is 0 Å². The Balaban J connectivity index is 2.26. The fourth-order valence-corrected chi connectivity index (χ4v) is 2.52. The third-order valence-electron chi connectivity index (χ3n) is 3.56. The third kappa shape index (κ3) is 1.73. The van der Waals surface area contributed by atoms with Crippen LogP contribution < -0.4 is 0 Å². The molecule has 0 radical (unpaired) electrons. The molecule has 1 aliphatic carbocycles. The number of fused-ring (bicyclic) bond motifs is 1. The molecule has 1 aromatic rings. The highest BCUT2D eigenvalue weighted by Crippen LogP contribution is 2.40. The van der Waals surface area contributed by atoms with Gasteiger partial charge in [-0.1, -0.05) is 31.2 Å². The van der Waals surface area contributed by atoms with Crippen LogP contribution in [0.1, 0.15) is 31.4 Å². The number of carbonyl (C=O) groups is 1. The first kappa shape index (κ1) is 11.2. The second-order valence-electron chi connectivity index (χ2n) is 4.48. The number of carbonyl (C=O) groups excluding carboxylic acids is 1. The molecule has 0 bridgehead atoms. The first-order chi connectivity index (χ1) is 7.72. The number of esters is 1. The fraction of sp³-hybridized carbons (Fsp3) is 0.500. The minimum Gasteiger partial charge on any atom is -0.466 e. The zero-order chi connectivity index (χ0) is 11.6. The maximum absolute atomic E-state index is 12.0. The number of hydrogen-bond donors (Lipinski definition) is 0. The highest BCUT2D eigenvalue weighted by molar-refractivity contribution is 5.79. The molecule has 0 N–H and O–H groups in total.